The lowest BCUT2D eigenvalue weighted by molar-refractivity contribution is -0.0362. The zero-order chi connectivity index (χ0) is 14.5. The van der Waals surface area contributed by atoms with Gasteiger partial charge in [-0.05, 0) is 31.0 Å². The fourth-order valence-corrected chi connectivity index (χ4v) is 2.32. The largest absolute Gasteiger partial charge is 0.385 e. The van der Waals surface area contributed by atoms with Crippen molar-refractivity contribution in [2.45, 2.75) is 26.1 Å². The lowest BCUT2D eigenvalue weighted by Gasteiger charge is -2.25. The summed E-state index contributed by atoms with van der Waals surface area (Å²) >= 11 is 0. The second kappa shape index (κ2) is 6.50. The number of anilines is 1. The summed E-state index contributed by atoms with van der Waals surface area (Å²) in [5.74, 6) is 0.345. The Morgan fingerprint density at radius 1 is 1.25 bits per heavy atom. The molecule has 0 fully saturated rings. The van der Waals surface area contributed by atoms with E-state index in [0.29, 0.717) is 18.0 Å². The third-order valence-electron chi connectivity index (χ3n) is 3.30. The number of aliphatic hydroxyl groups is 1. The van der Waals surface area contributed by atoms with Gasteiger partial charge in [0.05, 0.1) is 0 Å². The van der Waals surface area contributed by atoms with Crippen LogP contribution >= 0.6 is 0 Å². The van der Waals surface area contributed by atoms with E-state index in [1.807, 2.05) is 50.2 Å². The molecule has 2 rings (SSSR count). The topological polar surface area (TPSA) is 68.4 Å². The maximum Gasteiger partial charge on any atom is 0.129 e. The van der Waals surface area contributed by atoms with Crippen LogP contribution in [0.1, 0.15) is 35.8 Å². The Hall–Kier alpha value is -1.91. The van der Waals surface area contributed by atoms with E-state index in [1.54, 1.807) is 6.20 Å². The summed E-state index contributed by atoms with van der Waals surface area (Å²) in [7, 11) is 0. The molecular formula is C16H20N2O2. The van der Waals surface area contributed by atoms with Crippen molar-refractivity contribution in [3.63, 3.8) is 0 Å². The number of hydrogen-bond acceptors (Lipinski definition) is 4. The van der Waals surface area contributed by atoms with Crippen LogP contribution in [0.2, 0.25) is 0 Å². The minimum atomic E-state index is -0.842. The molecule has 1 aromatic carbocycles. The van der Waals surface area contributed by atoms with Crippen LogP contribution in [0.3, 0.4) is 0 Å². The summed E-state index contributed by atoms with van der Waals surface area (Å²) in [6, 6.07) is 11.5. The van der Waals surface area contributed by atoms with E-state index in [4.69, 9.17) is 10.5 Å². The summed E-state index contributed by atoms with van der Waals surface area (Å²) < 4.78 is 5.72. The van der Waals surface area contributed by atoms with Gasteiger partial charge in [0.1, 0.15) is 18.0 Å². The van der Waals surface area contributed by atoms with Gasteiger partial charge in [-0.2, -0.15) is 0 Å². The number of aliphatic hydroxyl groups excluding tert-OH is 1. The molecule has 20 heavy (non-hydrogen) atoms. The fraction of sp³-hybridized carbons (Fsp3) is 0.312. The minimum absolute atomic E-state index is 0.345. The Bertz CT molecular complexity index is 537. The molecule has 0 aliphatic rings. The van der Waals surface area contributed by atoms with Gasteiger partial charge in [0, 0.05) is 18.4 Å². The number of benzene rings is 1. The molecule has 0 spiro atoms. The second-order valence-electron chi connectivity index (χ2n) is 4.66. The summed E-state index contributed by atoms with van der Waals surface area (Å²) in [6.45, 7) is 4.32. The predicted octanol–water partition coefficient (Wildman–Crippen LogP) is 2.78. The van der Waals surface area contributed by atoms with Crippen molar-refractivity contribution in [1.82, 2.24) is 4.98 Å². The van der Waals surface area contributed by atoms with E-state index < -0.39 is 12.2 Å². The monoisotopic (exact) mass is 272 g/mol. The summed E-state index contributed by atoms with van der Waals surface area (Å²) in [5, 5.41) is 10.7. The molecule has 0 aliphatic heterocycles. The van der Waals surface area contributed by atoms with Crippen molar-refractivity contribution in [3.8, 4) is 0 Å². The van der Waals surface area contributed by atoms with Crippen molar-refractivity contribution in [1.29, 1.82) is 0 Å². The van der Waals surface area contributed by atoms with E-state index in [0.717, 1.165) is 11.1 Å². The molecular weight excluding hydrogens is 252 g/mol. The van der Waals surface area contributed by atoms with Crippen LogP contribution in [-0.4, -0.2) is 16.7 Å². The zero-order valence-corrected chi connectivity index (χ0v) is 11.8. The van der Waals surface area contributed by atoms with E-state index in [1.165, 1.54) is 0 Å². The van der Waals surface area contributed by atoms with Crippen LogP contribution in [0.25, 0.3) is 0 Å². The maximum atomic E-state index is 10.7. The summed E-state index contributed by atoms with van der Waals surface area (Å²) in [6.07, 6.45) is 0.344. The quantitative estimate of drug-likeness (QED) is 0.878. The van der Waals surface area contributed by atoms with E-state index in [9.17, 15) is 5.11 Å². The molecule has 0 saturated heterocycles. The second-order valence-corrected chi connectivity index (χ2v) is 4.66. The molecule has 3 N–H and O–H groups in total. The summed E-state index contributed by atoms with van der Waals surface area (Å²) in [5.41, 5.74) is 8.37. The number of aryl methyl sites for hydroxylation is 1. The highest BCUT2D eigenvalue weighted by molar-refractivity contribution is 5.46. The SMILES string of the molecule is CCOC(c1ccccc1)C(O)c1c(C)ccnc1N. The Labute approximate surface area is 119 Å². The molecule has 4 heteroatoms. The van der Waals surface area contributed by atoms with E-state index in [-0.39, 0.29) is 0 Å². The first-order chi connectivity index (χ1) is 9.65. The summed E-state index contributed by atoms with van der Waals surface area (Å²) in [4.78, 5) is 4.06. The average Bonchev–Trinajstić information content (AvgIpc) is 2.45. The van der Waals surface area contributed by atoms with Crippen molar-refractivity contribution in [2.75, 3.05) is 12.3 Å². The molecule has 2 unspecified atom stereocenters. The number of pyridine rings is 1. The highest BCUT2D eigenvalue weighted by Crippen LogP contribution is 2.35. The number of nitrogen functional groups attached to an aromatic ring is 1. The number of aromatic nitrogens is 1. The number of hydrogen-bond donors (Lipinski definition) is 2. The molecule has 0 amide bonds. The lowest BCUT2D eigenvalue weighted by Crippen LogP contribution is -2.17. The highest BCUT2D eigenvalue weighted by Gasteiger charge is 2.26. The van der Waals surface area contributed by atoms with Crippen LogP contribution in [0, 0.1) is 6.92 Å². The average molecular weight is 272 g/mol. The van der Waals surface area contributed by atoms with Crippen molar-refractivity contribution < 1.29 is 9.84 Å². The molecule has 0 radical (unpaired) electrons. The molecule has 2 atom stereocenters. The van der Waals surface area contributed by atoms with Gasteiger partial charge in [0.25, 0.3) is 0 Å². The fourth-order valence-electron chi connectivity index (χ4n) is 2.32. The predicted molar refractivity (Wildman–Crippen MR) is 79.2 cm³/mol. The molecule has 4 nitrogen and oxygen atoms in total. The molecule has 0 saturated carbocycles. The number of rotatable bonds is 5. The zero-order valence-electron chi connectivity index (χ0n) is 11.8. The van der Waals surface area contributed by atoms with Gasteiger partial charge >= 0.3 is 0 Å². The molecule has 1 heterocycles. The Kier molecular flexibility index (Phi) is 4.71. The highest BCUT2D eigenvalue weighted by atomic mass is 16.5. The number of ether oxygens (including phenoxy) is 1. The molecule has 2 aromatic rings. The number of nitrogens with zero attached hydrogens (tertiary/aromatic N) is 1. The maximum absolute atomic E-state index is 10.7. The lowest BCUT2D eigenvalue weighted by atomic mass is 9.95. The van der Waals surface area contributed by atoms with E-state index in [2.05, 4.69) is 4.98 Å². The first-order valence-electron chi connectivity index (χ1n) is 6.70. The van der Waals surface area contributed by atoms with Crippen LogP contribution in [0.15, 0.2) is 42.6 Å². The van der Waals surface area contributed by atoms with Crippen molar-refractivity contribution in [2.24, 2.45) is 0 Å². The van der Waals surface area contributed by atoms with Crippen LogP contribution in [0.5, 0.6) is 0 Å². The molecule has 0 aliphatic carbocycles. The molecule has 106 valence electrons. The Morgan fingerprint density at radius 3 is 2.55 bits per heavy atom. The molecule has 0 bridgehead atoms. The first-order valence-corrected chi connectivity index (χ1v) is 6.70. The normalized spacial score (nSPS) is 13.9. The Morgan fingerprint density at radius 2 is 1.95 bits per heavy atom. The standard InChI is InChI=1S/C16H20N2O2/c1-3-20-15(12-7-5-4-6-8-12)14(19)13-11(2)9-10-18-16(13)17/h4-10,14-15,19H,3H2,1-2H3,(H2,17,18). The van der Waals surface area contributed by atoms with Crippen molar-refractivity contribution >= 4 is 5.82 Å². The van der Waals surface area contributed by atoms with Crippen molar-refractivity contribution in [3.05, 3.63) is 59.3 Å². The number of nitrogens with two attached hydrogens (primary N) is 1. The Balaban J connectivity index is 2.39. The van der Waals surface area contributed by atoms with Crippen LogP contribution in [0.4, 0.5) is 5.82 Å². The van der Waals surface area contributed by atoms with Gasteiger partial charge in [-0.15, -0.1) is 0 Å². The van der Waals surface area contributed by atoms with Gasteiger partial charge in [-0.25, -0.2) is 4.98 Å². The van der Waals surface area contributed by atoms with Crippen LogP contribution in [-0.2, 0) is 4.74 Å². The van der Waals surface area contributed by atoms with Gasteiger partial charge in [0.15, 0.2) is 0 Å². The smallest absolute Gasteiger partial charge is 0.129 e. The van der Waals surface area contributed by atoms with Gasteiger partial charge < -0.3 is 15.6 Å². The van der Waals surface area contributed by atoms with Crippen LogP contribution < -0.4 is 5.73 Å². The van der Waals surface area contributed by atoms with Gasteiger partial charge in [0.2, 0.25) is 0 Å². The molecule has 1 aromatic heterocycles. The first kappa shape index (κ1) is 14.5. The third-order valence-corrected chi connectivity index (χ3v) is 3.30. The third kappa shape index (κ3) is 2.98. The minimum Gasteiger partial charge on any atom is -0.385 e. The van der Waals surface area contributed by atoms with Gasteiger partial charge in [-0.3, -0.25) is 0 Å². The van der Waals surface area contributed by atoms with E-state index >= 15 is 0 Å². The van der Waals surface area contributed by atoms with Gasteiger partial charge in [-0.1, -0.05) is 30.3 Å².